The van der Waals surface area contributed by atoms with Gasteiger partial charge in [0.2, 0.25) is 10.0 Å². The zero-order valence-corrected chi connectivity index (χ0v) is 14.8. The molecule has 0 aliphatic rings. The lowest BCUT2D eigenvalue weighted by atomic mass is 10.1. The first-order valence-electron chi connectivity index (χ1n) is 7.82. The van der Waals surface area contributed by atoms with Gasteiger partial charge >= 0.3 is 0 Å². The van der Waals surface area contributed by atoms with E-state index in [4.69, 9.17) is 0 Å². The van der Waals surface area contributed by atoms with Crippen LogP contribution >= 0.6 is 0 Å². The van der Waals surface area contributed by atoms with Crippen LogP contribution in [0.1, 0.15) is 5.56 Å². The molecule has 0 amide bonds. The van der Waals surface area contributed by atoms with E-state index in [0.29, 0.717) is 10.9 Å². The second kappa shape index (κ2) is 6.82. The fourth-order valence-corrected chi connectivity index (χ4v) is 4.03. The average Bonchev–Trinajstić information content (AvgIpc) is 2.59. The first-order chi connectivity index (χ1) is 11.9. The molecule has 6 heteroatoms. The molecule has 3 aromatic carbocycles. The van der Waals surface area contributed by atoms with E-state index < -0.39 is 15.8 Å². The van der Waals surface area contributed by atoms with Crippen LogP contribution in [-0.4, -0.2) is 22.5 Å². The standard InChI is InChI=1S/C19H19FN2O2S/c1-22(2)18-10-4-9-17-16(18)8-5-11-19(17)25(23,24)21-13-14-6-3-7-15(20)12-14/h3-12,21H,13H2,1-2H3. The van der Waals surface area contributed by atoms with E-state index in [-0.39, 0.29) is 11.4 Å². The number of nitrogens with zero attached hydrogens (tertiary/aromatic N) is 1. The molecule has 1 N–H and O–H groups in total. The summed E-state index contributed by atoms with van der Waals surface area (Å²) in [5, 5.41) is 1.52. The van der Waals surface area contributed by atoms with E-state index in [0.717, 1.165) is 11.1 Å². The molecule has 0 aliphatic carbocycles. The molecule has 3 aromatic rings. The van der Waals surface area contributed by atoms with Gasteiger partial charge in [-0.3, -0.25) is 0 Å². The summed E-state index contributed by atoms with van der Waals surface area (Å²) in [5.74, 6) is -0.391. The van der Waals surface area contributed by atoms with Crippen molar-refractivity contribution < 1.29 is 12.8 Å². The van der Waals surface area contributed by atoms with Gasteiger partial charge in [-0.1, -0.05) is 36.4 Å². The van der Waals surface area contributed by atoms with Gasteiger partial charge in [0.15, 0.2) is 0 Å². The van der Waals surface area contributed by atoms with Gasteiger partial charge in [0.25, 0.3) is 0 Å². The van der Waals surface area contributed by atoms with E-state index in [2.05, 4.69) is 4.72 Å². The fraction of sp³-hybridized carbons (Fsp3) is 0.158. The number of rotatable bonds is 5. The molecule has 0 saturated carbocycles. The van der Waals surface area contributed by atoms with Crippen molar-refractivity contribution in [3.63, 3.8) is 0 Å². The number of hydrogen-bond acceptors (Lipinski definition) is 3. The molecular weight excluding hydrogens is 339 g/mol. The van der Waals surface area contributed by atoms with Gasteiger partial charge in [-0.25, -0.2) is 17.5 Å². The van der Waals surface area contributed by atoms with Gasteiger partial charge in [-0.15, -0.1) is 0 Å². The molecule has 0 radical (unpaired) electrons. The number of fused-ring (bicyclic) bond motifs is 1. The van der Waals surface area contributed by atoms with Crippen LogP contribution < -0.4 is 9.62 Å². The molecule has 0 saturated heterocycles. The van der Waals surface area contributed by atoms with Crippen molar-refractivity contribution in [3.8, 4) is 0 Å². The van der Waals surface area contributed by atoms with E-state index >= 15 is 0 Å². The number of hydrogen-bond donors (Lipinski definition) is 1. The Morgan fingerprint density at radius 2 is 1.64 bits per heavy atom. The van der Waals surface area contributed by atoms with Gasteiger partial charge in [-0.2, -0.15) is 0 Å². The van der Waals surface area contributed by atoms with Crippen molar-refractivity contribution in [1.29, 1.82) is 0 Å². The SMILES string of the molecule is CN(C)c1cccc2c(S(=O)(=O)NCc3cccc(F)c3)cccc12. The third-order valence-electron chi connectivity index (χ3n) is 3.99. The summed E-state index contributed by atoms with van der Waals surface area (Å²) in [5.41, 5.74) is 1.51. The van der Waals surface area contributed by atoms with Crippen LogP contribution in [-0.2, 0) is 16.6 Å². The molecule has 0 atom stereocenters. The van der Waals surface area contributed by atoms with Gasteiger partial charge in [-0.05, 0) is 29.8 Å². The van der Waals surface area contributed by atoms with Crippen molar-refractivity contribution in [2.24, 2.45) is 0 Å². The molecule has 0 spiro atoms. The largest absolute Gasteiger partial charge is 0.377 e. The summed E-state index contributed by atoms with van der Waals surface area (Å²) < 4.78 is 41.3. The number of nitrogens with one attached hydrogen (secondary N) is 1. The van der Waals surface area contributed by atoms with Gasteiger partial charge in [0.05, 0.1) is 4.90 Å². The Kier molecular flexibility index (Phi) is 4.74. The smallest absolute Gasteiger partial charge is 0.241 e. The quantitative estimate of drug-likeness (QED) is 0.759. The van der Waals surface area contributed by atoms with E-state index in [1.165, 1.54) is 12.1 Å². The minimum Gasteiger partial charge on any atom is -0.377 e. The van der Waals surface area contributed by atoms with Crippen molar-refractivity contribution in [2.45, 2.75) is 11.4 Å². The number of sulfonamides is 1. The molecule has 130 valence electrons. The molecule has 4 nitrogen and oxygen atoms in total. The topological polar surface area (TPSA) is 49.4 Å². The van der Waals surface area contributed by atoms with Crippen LogP contribution in [0.25, 0.3) is 10.8 Å². The Morgan fingerprint density at radius 3 is 2.36 bits per heavy atom. The predicted octanol–water partition coefficient (Wildman–Crippen LogP) is 3.52. The van der Waals surface area contributed by atoms with Crippen LogP contribution in [0.15, 0.2) is 65.6 Å². The predicted molar refractivity (Wildman–Crippen MR) is 98.7 cm³/mol. The van der Waals surface area contributed by atoms with E-state index in [9.17, 15) is 12.8 Å². The average molecular weight is 358 g/mol. The highest BCUT2D eigenvalue weighted by molar-refractivity contribution is 7.89. The summed E-state index contributed by atoms with van der Waals surface area (Å²) >= 11 is 0. The molecule has 0 heterocycles. The molecule has 3 rings (SSSR count). The zero-order valence-electron chi connectivity index (χ0n) is 14.0. The number of benzene rings is 3. The fourth-order valence-electron chi connectivity index (χ4n) is 2.79. The molecular formula is C19H19FN2O2S. The maximum Gasteiger partial charge on any atom is 0.241 e. The molecule has 0 fully saturated rings. The lowest BCUT2D eigenvalue weighted by Gasteiger charge is -2.17. The highest BCUT2D eigenvalue weighted by Gasteiger charge is 2.18. The van der Waals surface area contributed by atoms with Crippen LogP contribution in [0.3, 0.4) is 0 Å². The maximum atomic E-state index is 13.3. The monoisotopic (exact) mass is 358 g/mol. The van der Waals surface area contributed by atoms with Crippen molar-refractivity contribution >= 4 is 26.5 Å². The summed E-state index contributed by atoms with van der Waals surface area (Å²) in [6.45, 7) is 0.0316. The second-order valence-corrected chi connectivity index (χ2v) is 7.71. The normalized spacial score (nSPS) is 11.6. The number of halogens is 1. The third kappa shape index (κ3) is 3.65. The molecule has 0 bridgehead atoms. The minimum atomic E-state index is -3.73. The first kappa shape index (κ1) is 17.4. The second-order valence-electron chi connectivity index (χ2n) is 5.98. The highest BCUT2D eigenvalue weighted by Crippen LogP contribution is 2.30. The van der Waals surface area contributed by atoms with Gasteiger partial charge in [0, 0.05) is 37.1 Å². The van der Waals surface area contributed by atoms with Crippen LogP contribution in [0.4, 0.5) is 10.1 Å². The Hall–Kier alpha value is -2.44. The van der Waals surface area contributed by atoms with Gasteiger partial charge in [0.1, 0.15) is 5.82 Å². The van der Waals surface area contributed by atoms with Crippen molar-refractivity contribution in [3.05, 3.63) is 72.0 Å². The van der Waals surface area contributed by atoms with E-state index in [1.54, 1.807) is 30.3 Å². The maximum absolute atomic E-state index is 13.3. The summed E-state index contributed by atoms with van der Waals surface area (Å²) in [4.78, 5) is 2.16. The van der Waals surface area contributed by atoms with Crippen molar-refractivity contribution in [2.75, 3.05) is 19.0 Å². The van der Waals surface area contributed by atoms with Gasteiger partial charge < -0.3 is 4.90 Å². The van der Waals surface area contributed by atoms with Crippen LogP contribution in [0.2, 0.25) is 0 Å². The van der Waals surface area contributed by atoms with Crippen LogP contribution in [0.5, 0.6) is 0 Å². The zero-order chi connectivity index (χ0) is 18.0. The Morgan fingerprint density at radius 1 is 0.960 bits per heavy atom. The van der Waals surface area contributed by atoms with Crippen molar-refractivity contribution in [1.82, 2.24) is 4.72 Å². The molecule has 25 heavy (non-hydrogen) atoms. The summed E-state index contributed by atoms with van der Waals surface area (Å²) in [6, 6.07) is 16.7. The molecule has 0 aromatic heterocycles. The number of anilines is 1. The van der Waals surface area contributed by atoms with E-state index in [1.807, 2.05) is 37.2 Å². The Bertz CT molecular complexity index is 1020. The third-order valence-corrected chi connectivity index (χ3v) is 5.45. The minimum absolute atomic E-state index is 0.0316. The molecule has 0 aliphatic heterocycles. The lowest BCUT2D eigenvalue weighted by molar-refractivity contribution is 0.581. The Labute approximate surface area is 147 Å². The summed E-state index contributed by atoms with van der Waals surface area (Å²) in [7, 11) is 0.0983. The van der Waals surface area contributed by atoms with Crippen LogP contribution in [0, 0.1) is 5.82 Å². The Balaban J connectivity index is 1.98. The lowest BCUT2D eigenvalue weighted by Crippen LogP contribution is -2.23. The summed E-state index contributed by atoms with van der Waals surface area (Å²) in [6.07, 6.45) is 0. The first-order valence-corrected chi connectivity index (χ1v) is 9.30. The molecule has 0 unspecified atom stereocenters. The highest BCUT2D eigenvalue weighted by atomic mass is 32.2.